The maximum atomic E-state index is 7.90. The van der Waals surface area contributed by atoms with Crippen molar-refractivity contribution in [1.29, 1.82) is 0 Å². The van der Waals surface area contributed by atoms with Crippen LogP contribution in [-0.4, -0.2) is 11.8 Å². The molecule has 6 heavy (non-hydrogen) atoms. The van der Waals surface area contributed by atoms with E-state index in [-0.39, 0.29) is 0 Å². The predicted octanol–water partition coefficient (Wildman–Crippen LogP) is 0.541. The normalized spacial score (nSPS) is 10.3. The monoisotopic (exact) mass is 87.1 g/mol. The molecule has 2 heteroatoms. The second-order valence-corrected chi connectivity index (χ2v) is 0.931. The average molecular weight is 87.1 g/mol. The van der Waals surface area contributed by atoms with Gasteiger partial charge in [-0.25, -0.2) is 5.48 Å². The van der Waals surface area contributed by atoms with Crippen molar-refractivity contribution in [2.45, 2.75) is 6.92 Å². The Morgan fingerprint density at radius 2 is 2.50 bits per heavy atom. The van der Waals surface area contributed by atoms with Crippen molar-refractivity contribution in [2.75, 3.05) is 6.54 Å². The molecule has 0 saturated heterocycles. The van der Waals surface area contributed by atoms with Crippen LogP contribution in [0.2, 0.25) is 0 Å². The summed E-state index contributed by atoms with van der Waals surface area (Å²) in [5.74, 6) is 0. The van der Waals surface area contributed by atoms with E-state index in [2.05, 4.69) is 0 Å². The highest BCUT2D eigenvalue weighted by atomic mass is 16.5. The van der Waals surface area contributed by atoms with Gasteiger partial charge in [0.1, 0.15) is 0 Å². The number of hydrogen-bond donors (Lipinski definition) is 2. The Bertz CT molecular complexity index is 42.8. The van der Waals surface area contributed by atoms with Gasteiger partial charge < -0.3 is 5.21 Å². The fraction of sp³-hybridized carbons (Fsp3) is 0.500. The molecule has 0 aliphatic heterocycles. The van der Waals surface area contributed by atoms with Gasteiger partial charge in [0, 0.05) is 6.54 Å². The van der Waals surface area contributed by atoms with E-state index in [9.17, 15) is 0 Å². The molecule has 0 unspecified atom stereocenters. The van der Waals surface area contributed by atoms with Gasteiger partial charge in [-0.05, 0) is 6.92 Å². The number of hydrogen-bond acceptors (Lipinski definition) is 2. The van der Waals surface area contributed by atoms with Crippen molar-refractivity contribution >= 4 is 0 Å². The van der Waals surface area contributed by atoms with Crippen LogP contribution in [-0.2, 0) is 0 Å². The second-order valence-electron chi connectivity index (χ2n) is 0.931. The topological polar surface area (TPSA) is 32.3 Å². The third-order valence-electron chi connectivity index (χ3n) is 0.445. The van der Waals surface area contributed by atoms with E-state index in [1.165, 1.54) is 0 Å². The van der Waals surface area contributed by atoms with Crippen molar-refractivity contribution < 1.29 is 5.21 Å². The molecule has 0 aliphatic carbocycles. The Labute approximate surface area is 37.4 Å². The maximum Gasteiger partial charge on any atom is 0.0388 e. The largest absolute Gasteiger partial charge is 0.317 e. The minimum atomic E-state index is 0.538. The quantitative estimate of drug-likeness (QED) is 0.380. The Morgan fingerprint density at radius 1 is 1.83 bits per heavy atom. The van der Waals surface area contributed by atoms with Crippen molar-refractivity contribution in [3.8, 4) is 0 Å². The Balaban J connectivity index is 2.66. The van der Waals surface area contributed by atoms with Crippen molar-refractivity contribution in [3.63, 3.8) is 0 Å². The first-order valence-corrected chi connectivity index (χ1v) is 1.90. The zero-order chi connectivity index (χ0) is 4.83. The predicted molar refractivity (Wildman–Crippen MR) is 24.6 cm³/mol. The molecule has 0 aromatic carbocycles. The highest BCUT2D eigenvalue weighted by molar-refractivity contribution is 4.77. The molecule has 0 amide bonds. The zero-order valence-electron chi connectivity index (χ0n) is 3.81. The number of hydroxylamine groups is 1. The van der Waals surface area contributed by atoms with Crippen LogP contribution >= 0.6 is 0 Å². The first-order chi connectivity index (χ1) is 2.91. The van der Waals surface area contributed by atoms with Gasteiger partial charge in [-0.2, -0.15) is 0 Å². The zero-order valence-corrected chi connectivity index (χ0v) is 3.81. The van der Waals surface area contributed by atoms with E-state index in [4.69, 9.17) is 5.21 Å². The van der Waals surface area contributed by atoms with Crippen molar-refractivity contribution in [3.05, 3.63) is 12.2 Å². The van der Waals surface area contributed by atoms with Gasteiger partial charge >= 0.3 is 0 Å². The van der Waals surface area contributed by atoms with Gasteiger partial charge in [0.05, 0.1) is 0 Å². The fourth-order valence-electron chi connectivity index (χ4n) is 0.171. The van der Waals surface area contributed by atoms with Crippen molar-refractivity contribution in [2.24, 2.45) is 0 Å². The Kier molecular flexibility index (Phi) is 4.40. The van der Waals surface area contributed by atoms with E-state index in [1.807, 2.05) is 24.6 Å². The van der Waals surface area contributed by atoms with Crippen LogP contribution in [0.15, 0.2) is 12.2 Å². The first-order valence-electron chi connectivity index (χ1n) is 1.90. The van der Waals surface area contributed by atoms with Crippen LogP contribution in [0.1, 0.15) is 6.92 Å². The highest BCUT2D eigenvalue weighted by Gasteiger charge is 1.62. The minimum Gasteiger partial charge on any atom is -0.317 e. The van der Waals surface area contributed by atoms with Crippen LogP contribution in [0.4, 0.5) is 0 Å². The van der Waals surface area contributed by atoms with Gasteiger partial charge in [0.2, 0.25) is 0 Å². The Morgan fingerprint density at radius 3 is 2.67 bits per heavy atom. The van der Waals surface area contributed by atoms with Gasteiger partial charge in [-0.15, -0.1) is 0 Å². The maximum absolute atomic E-state index is 7.90. The van der Waals surface area contributed by atoms with Gasteiger partial charge in [-0.1, -0.05) is 12.2 Å². The SMILES string of the molecule is C/C=C/CNO. The summed E-state index contributed by atoms with van der Waals surface area (Å²) in [6, 6.07) is 0. The molecule has 0 heterocycles. The van der Waals surface area contributed by atoms with E-state index >= 15 is 0 Å². The van der Waals surface area contributed by atoms with Crippen molar-refractivity contribution in [1.82, 2.24) is 5.48 Å². The lowest BCUT2D eigenvalue weighted by Crippen LogP contribution is -2.04. The summed E-state index contributed by atoms with van der Waals surface area (Å²) >= 11 is 0. The van der Waals surface area contributed by atoms with Crippen LogP contribution < -0.4 is 5.48 Å². The third kappa shape index (κ3) is 3.66. The molecular formula is C4H9NO. The lowest BCUT2D eigenvalue weighted by atomic mass is 10.5. The summed E-state index contributed by atoms with van der Waals surface area (Å²) < 4.78 is 0. The second kappa shape index (κ2) is 4.66. The van der Waals surface area contributed by atoms with Crippen LogP contribution in [0.3, 0.4) is 0 Å². The number of rotatable bonds is 2. The van der Waals surface area contributed by atoms with Crippen LogP contribution in [0.25, 0.3) is 0 Å². The summed E-state index contributed by atoms with van der Waals surface area (Å²) in [5.41, 5.74) is 1.98. The van der Waals surface area contributed by atoms with Crippen LogP contribution in [0, 0.1) is 0 Å². The number of nitrogens with one attached hydrogen (secondary N) is 1. The fourth-order valence-corrected chi connectivity index (χ4v) is 0.171. The van der Waals surface area contributed by atoms with Gasteiger partial charge in [-0.3, -0.25) is 0 Å². The summed E-state index contributed by atoms with van der Waals surface area (Å²) in [7, 11) is 0. The van der Waals surface area contributed by atoms with E-state index in [0.29, 0.717) is 6.54 Å². The molecule has 2 nitrogen and oxygen atoms in total. The minimum absolute atomic E-state index is 0.538. The molecular weight excluding hydrogens is 78.0 g/mol. The van der Waals surface area contributed by atoms with Gasteiger partial charge in [0.25, 0.3) is 0 Å². The number of allylic oxidation sites excluding steroid dienone is 1. The smallest absolute Gasteiger partial charge is 0.0388 e. The summed E-state index contributed by atoms with van der Waals surface area (Å²) in [5, 5.41) is 7.90. The molecule has 0 aliphatic rings. The molecule has 0 fully saturated rings. The van der Waals surface area contributed by atoms with Gasteiger partial charge in [0.15, 0.2) is 0 Å². The molecule has 36 valence electrons. The average Bonchev–Trinajstić information content (AvgIpc) is 1.61. The van der Waals surface area contributed by atoms with Crippen LogP contribution in [0.5, 0.6) is 0 Å². The molecule has 0 atom stereocenters. The lowest BCUT2D eigenvalue weighted by molar-refractivity contribution is 0.179. The lowest BCUT2D eigenvalue weighted by Gasteiger charge is -1.80. The molecule has 0 aromatic heterocycles. The summed E-state index contributed by atoms with van der Waals surface area (Å²) in [6.45, 7) is 2.44. The molecule has 0 spiro atoms. The van der Waals surface area contributed by atoms with E-state index in [0.717, 1.165) is 0 Å². The standard InChI is InChI=1S/C4H9NO/c1-2-3-4-5-6/h2-3,5-6H,4H2,1H3/b3-2+. The molecule has 0 saturated carbocycles. The Hall–Kier alpha value is -0.340. The van der Waals surface area contributed by atoms with E-state index < -0.39 is 0 Å². The summed E-state index contributed by atoms with van der Waals surface area (Å²) in [4.78, 5) is 0. The third-order valence-corrected chi connectivity index (χ3v) is 0.445. The molecule has 0 rings (SSSR count). The molecule has 0 bridgehead atoms. The summed E-state index contributed by atoms with van der Waals surface area (Å²) in [6.07, 6.45) is 3.68. The highest BCUT2D eigenvalue weighted by Crippen LogP contribution is 1.61. The first kappa shape index (κ1) is 5.66. The molecule has 2 N–H and O–H groups in total. The molecule has 0 aromatic rings. The molecule has 0 radical (unpaired) electrons. The van der Waals surface area contributed by atoms with E-state index in [1.54, 1.807) is 0 Å².